The summed E-state index contributed by atoms with van der Waals surface area (Å²) in [4.78, 5) is 32.0. The summed E-state index contributed by atoms with van der Waals surface area (Å²) in [6.45, 7) is 3.50. The van der Waals surface area contributed by atoms with Crippen LogP contribution in [0.3, 0.4) is 0 Å². The largest absolute Gasteiger partial charge is 0.438 e. The van der Waals surface area contributed by atoms with Crippen molar-refractivity contribution in [2.75, 3.05) is 0 Å². The summed E-state index contributed by atoms with van der Waals surface area (Å²) in [6, 6.07) is 22.9. The van der Waals surface area contributed by atoms with Crippen LogP contribution in [0.25, 0.3) is 0 Å². The standard InChI is InChI=1S/C15H12BrFN2O2.C15H12ClFN2O2/c2*1-15(11-7-4-8-12(16)18-11)13(21-14(20)19-15)9-5-2-3-6-10(9)17/h2*2-8,13H,1H3,(H,19,20). The van der Waals surface area contributed by atoms with Gasteiger partial charge in [0, 0.05) is 11.1 Å². The van der Waals surface area contributed by atoms with Crippen molar-refractivity contribution in [3.63, 3.8) is 0 Å². The van der Waals surface area contributed by atoms with E-state index in [-0.39, 0.29) is 0 Å². The van der Waals surface area contributed by atoms with Gasteiger partial charge in [-0.1, -0.05) is 60.1 Å². The van der Waals surface area contributed by atoms with Crippen molar-refractivity contribution < 1.29 is 27.8 Å². The number of hydrogen-bond acceptors (Lipinski definition) is 6. The number of alkyl carbamates (subject to hydrolysis) is 2. The molecule has 42 heavy (non-hydrogen) atoms. The van der Waals surface area contributed by atoms with Crippen LogP contribution in [0.2, 0.25) is 5.15 Å². The van der Waals surface area contributed by atoms with Crippen molar-refractivity contribution in [2.45, 2.75) is 37.1 Å². The highest BCUT2D eigenvalue weighted by molar-refractivity contribution is 9.10. The van der Waals surface area contributed by atoms with E-state index < -0.39 is 47.1 Å². The van der Waals surface area contributed by atoms with E-state index in [0.29, 0.717) is 32.3 Å². The number of hydrogen-bond donors (Lipinski definition) is 2. The zero-order chi connectivity index (χ0) is 30.1. The van der Waals surface area contributed by atoms with E-state index in [9.17, 15) is 18.4 Å². The molecule has 0 radical (unpaired) electrons. The van der Waals surface area contributed by atoms with Crippen molar-refractivity contribution in [1.82, 2.24) is 20.6 Å². The minimum absolute atomic E-state index is 0.292. The normalized spacial score (nSPS) is 24.5. The van der Waals surface area contributed by atoms with Gasteiger partial charge in [-0.05, 0) is 66.2 Å². The van der Waals surface area contributed by atoms with Gasteiger partial charge < -0.3 is 20.1 Å². The number of halogens is 4. The SMILES string of the molecule is CC1(c2cccc(Br)n2)NC(=O)OC1c1ccccc1F.CC1(c2cccc(Cl)n2)NC(=O)OC1c1ccccc1F. The number of rotatable bonds is 4. The number of cyclic esters (lactones) is 2. The Kier molecular flexibility index (Phi) is 8.16. The van der Waals surface area contributed by atoms with Crippen LogP contribution >= 0.6 is 27.5 Å². The summed E-state index contributed by atoms with van der Waals surface area (Å²) in [7, 11) is 0. The highest BCUT2D eigenvalue weighted by atomic mass is 79.9. The molecule has 0 bridgehead atoms. The molecule has 4 atom stereocenters. The molecule has 216 valence electrons. The van der Waals surface area contributed by atoms with Crippen molar-refractivity contribution in [3.8, 4) is 0 Å². The quantitative estimate of drug-likeness (QED) is 0.224. The van der Waals surface area contributed by atoms with Gasteiger partial charge in [0.2, 0.25) is 0 Å². The van der Waals surface area contributed by atoms with E-state index in [0.717, 1.165) is 0 Å². The van der Waals surface area contributed by atoms with Crippen LogP contribution in [-0.2, 0) is 20.6 Å². The Labute approximate surface area is 253 Å². The Morgan fingerprint density at radius 1 is 0.714 bits per heavy atom. The van der Waals surface area contributed by atoms with Gasteiger partial charge in [-0.3, -0.25) is 0 Å². The van der Waals surface area contributed by atoms with Crippen molar-refractivity contribution in [1.29, 1.82) is 0 Å². The maximum atomic E-state index is 14.1. The summed E-state index contributed by atoms with van der Waals surface area (Å²) in [5.74, 6) is -0.854. The molecule has 2 saturated heterocycles. The Hall–Kier alpha value is -4.09. The van der Waals surface area contributed by atoms with Crippen molar-refractivity contribution in [2.24, 2.45) is 0 Å². The van der Waals surface area contributed by atoms with Gasteiger partial charge in [0.15, 0.2) is 12.2 Å². The molecule has 2 amide bonds. The van der Waals surface area contributed by atoms with E-state index in [2.05, 4.69) is 36.5 Å². The van der Waals surface area contributed by atoms with Gasteiger partial charge in [0.25, 0.3) is 0 Å². The molecule has 2 aliphatic heterocycles. The molecule has 4 heterocycles. The lowest BCUT2D eigenvalue weighted by molar-refractivity contribution is 0.108. The minimum Gasteiger partial charge on any atom is -0.438 e. The molecule has 0 spiro atoms. The summed E-state index contributed by atoms with van der Waals surface area (Å²) in [5, 5.41) is 5.73. The molecule has 2 N–H and O–H groups in total. The second-order valence-corrected chi connectivity index (χ2v) is 11.2. The first kappa shape index (κ1) is 29.4. The van der Waals surface area contributed by atoms with Gasteiger partial charge in [0.1, 0.15) is 32.5 Å². The molecule has 2 aliphatic rings. The summed E-state index contributed by atoms with van der Waals surface area (Å²) in [6.07, 6.45) is -2.81. The third-order valence-electron chi connectivity index (χ3n) is 7.09. The minimum atomic E-state index is -0.996. The number of amides is 2. The number of nitrogens with zero attached hydrogens (tertiary/aromatic N) is 2. The maximum absolute atomic E-state index is 14.1. The molecule has 0 saturated carbocycles. The predicted octanol–water partition coefficient (Wildman–Crippen LogP) is 7.25. The number of ether oxygens (including phenoxy) is 2. The number of aromatic nitrogens is 2. The first-order valence-corrected chi connectivity index (χ1v) is 13.9. The van der Waals surface area contributed by atoms with Gasteiger partial charge >= 0.3 is 12.2 Å². The first-order valence-electron chi connectivity index (χ1n) is 12.7. The number of benzene rings is 2. The fourth-order valence-corrected chi connectivity index (χ4v) is 5.49. The van der Waals surface area contributed by atoms with E-state index >= 15 is 0 Å². The zero-order valence-electron chi connectivity index (χ0n) is 22.3. The van der Waals surface area contributed by atoms with Crippen molar-refractivity contribution in [3.05, 3.63) is 129 Å². The second kappa shape index (κ2) is 11.7. The highest BCUT2D eigenvalue weighted by Crippen LogP contribution is 2.43. The lowest BCUT2D eigenvalue weighted by Crippen LogP contribution is -2.40. The molecule has 2 fully saturated rings. The second-order valence-electron chi connectivity index (χ2n) is 9.96. The van der Waals surface area contributed by atoms with E-state index in [4.69, 9.17) is 21.1 Å². The lowest BCUT2D eigenvalue weighted by atomic mass is 9.86. The van der Waals surface area contributed by atoms with Crippen molar-refractivity contribution >= 4 is 39.7 Å². The van der Waals surface area contributed by atoms with Crippen LogP contribution in [-0.4, -0.2) is 22.2 Å². The van der Waals surface area contributed by atoms with Crippen LogP contribution in [0.4, 0.5) is 18.4 Å². The molecule has 6 rings (SSSR count). The van der Waals surface area contributed by atoms with E-state index in [1.54, 1.807) is 86.6 Å². The average molecular weight is 658 g/mol. The number of carbonyl (C=O) groups is 2. The Balaban J connectivity index is 0.000000168. The van der Waals surface area contributed by atoms with Gasteiger partial charge in [0.05, 0.1) is 11.4 Å². The molecule has 4 unspecified atom stereocenters. The molecule has 0 aliphatic carbocycles. The third kappa shape index (κ3) is 5.66. The average Bonchev–Trinajstić information content (AvgIpc) is 3.44. The van der Waals surface area contributed by atoms with Gasteiger partial charge in [-0.15, -0.1) is 0 Å². The van der Waals surface area contributed by atoms with Crippen LogP contribution in [0.15, 0.2) is 89.5 Å². The summed E-state index contributed by atoms with van der Waals surface area (Å²) >= 11 is 9.21. The summed E-state index contributed by atoms with van der Waals surface area (Å²) in [5.41, 5.74) is -0.224. The molecule has 4 aromatic rings. The Morgan fingerprint density at radius 3 is 1.62 bits per heavy atom. The van der Waals surface area contributed by atoms with E-state index in [1.165, 1.54) is 12.1 Å². The Morgan fingerprint density at radius 2 is 1.17 bits per heavy atom. The molecule has 2 aromatic carbocycles. The molecular weight excluding hydrogens is 634 g/mol. The molecular formula is C30H24BrClF2N4O4. The van der Waals surface area contributed by atoms with Crippen LogP contribution in [0.1, 0.15) is 48.6 Å². The monoisotopic (exact) mass is 656 g/mol. The number of pyridine rings is 2. The third-order valence-corrected chi connectivity index (χ3v) is 7.74. The number of nitrogens with one attached hydrogen (secondary N) is 2. The van der Waals surface area contributed by atoms with Crippen LogP contribution in [0, 0.1) is 11.6 Å². The summed E-state index contributed by atoms with van der Waals surface area (Å²) < 4.78 is 39.3. The highest BCUT2D eigenvalue weighted by Gasteiger charge is 2.50. The van der Waals surface area contributed by atoms with Crippen LogP contribution in [0.5, 0.6) is 0 Å². The lowest BCUT2D eigenvalue weighted by Gasteiger charge is -2.28. The molecule has 12 heteroatoms. The van der Waals surface area contributed by atoms with E-state index in [1.807, 2.05) is 0 Å². The van der Waals surface area contributed by atoms with Gasteiger partial charge in [-0.2, -0.15) is 0 Å². The predicted molar refractivity (Wildman–Crippen MR) is 153 cm³/mol. The molecule has 8 nitrogen and oxygen atoms in total. The number of carbonyl (C=O) groups excluding carboxylic acids is 2. The van der Waals surface area contributed by atoms with Crippen LogP contribution < -0.4 is 10.6 Å². The zero-order valence-corrected chi connectivity index (χ0v) is 24.6. The first-order chi connectivity index (χ1) is 20.0. The Bertz CT molecular complexity index is 1540. The van der Waals surface area contributed by atoms with Gasteiger partial charge in [-0.25, -0.2) is 28.3 Å². The fraction of sp³-hybridized carbons (Fsp3) is 0.200. The maximum Gasteiger partial charge on any atom is 0.408 e. The molecule has 2 aromatic heterocycles. The smallest absolute Gasteiger partial charge is 0.408 e. The topological polar surface area (TPSA) is 102 Å². The fourth-order valence-electron chi connectivity index (χ4n) is 4.98.